The van der Waals surface area contributed by atoms with E-state index >= 15 is 0 Å². The number of aromatic nitrogens is 2. The Morgan fingerprint density at radius 3 is 2.73 bits per heavy atom. The van der Waals surface area contributed by atoms with Crippen LogP contribution in [0.2, 0.25) is 0 Å². The van der Waals surface area contributed by atoms with Gasteiger partial charge in [0.15, 0.2) is 5.56 Å². The van der Waals surface area contributed by atoms with Crippen LogP contribution in [0.25, 0.3) is 10.9 Å². The average Bonchev–Trinajstić information content (AvgIpc) is 2.47. The molecule has 22 heavy (non-hydrogen) atoms. The molecule has 1 aromatic carbocycles. The normalized spacial score (nSPS) is 10.7. The van der Waals surface area contributed by atoms with Crippen molar-refractivity contribution < 1.29 is 15.0 Å². The van der Waals surface area contributed by atoms with E-state index in [0.29, 0.717) is 17.3 Å². The molecule has 110 valence electrons. The molecule has 0 unspecified atom stereocenters. The first-order valence-electron chi connectivity index (χ1n) is 6.57. The Hall–Kier alpha value is -3.15. The Morgan fingerprint density at radius 1 is 1.23 bits per heavy atom. The number of rotatable bonds is 3. The third-order valence-corrected chi connectivity index (χ3v) is 3.38. The lowest BCUT2D eigenvalue weighted by molar-refractivity contribution is 0.0692. The molecule has 0 radical (unpaired) electrons. The molecule has 0 aliphatic heterocycles. The maximum atomic E-state index is 11.8. The summed E-state index contributed by atoms with van der Waals surface area (Å²) >= 11 is 0. The van der Waals surface area contributed by atoms with Gasteiger partial charge in [0.25, 0.3) is 5.56 Å². The first-order chi connectivity index (χ1) is 10.6. The molecule has 0 aliphatic carbocycles. The number of H-pyrrole nitrogens is 1. The SMILES string of the molecule is O=C(O)c1c(O)c2ccc(Cc3ccccn3)cc2[nH]c1=O. The molecule has 6 nitrogen and oxygen atoms in total. The summed E-state index contributed by atoms with van der Waals surface area (Å²) in [5.74, 6) is -1.98. The number of benzene rings is 1. The van der Waals surface area contributed by atoms with E-state index in [1.165, 1.54) is 0 Å². The number of hydrogen-bond donors (Lipinski definition) is 3. The highest BCUT2D eigenvalue weighted by molar-refractivity contribution is 5.98. The molecular formula is C16H12N2O4. The van der Waals surface area contributed by atoms with Crippen LogP contribution < -0.4 is 5.56 Å². The van der Waals surface area contributed by atoms with Crippen LogP contribution in [0.15, 0.2) is 47.4 Å². The minimum atomic E-state index is -1.46. The van der Waals surface area contributed by atoms with Gasteiger partial charge in [0.2, 0.25) is 0 Å². The lowest BCUT2D eigenvalue weighted by atomic mass is 10.0. The van der Waals surface area contributed by atoms with E-state index in [-0.39, 0.29) is 0 Å². The smallest absolute Gasteiger partial charge is 0.345 e. The predicted octanol–water partition coefficient (Wildman–Crippen LogP) is 1.92. The maximum Gasteiger partial charge on any atom is 0.345 e. The van der Waals surface area contributed by atoms with Crippen LogP contribution >= 0.6 is 0 Å². The summed E-state index contributed by atoms with van der Waals surface area (Å²) in [6, 6.07) is 10.7. The third-order valence-electron chi connectivity index (χ3n) is 3.38. The second-order valence-corrected chi connectivity index (χ2v) is 4.86. The predicted molar refractivity (Wildman–Crippen MR) is 80.2 cm³/mol. The molecule has 0 atom stereocenters. The van der Waals surface area contributed by atoms with Crippen LogP contribution in [0, 0.1) is 0 Å². The summed E-state index contributed by atoms with van der Waals surface area (Å²) < 4.78 is 0. The number of aromatic amines is 1. The zero-order valence-corrected chi connectivity index (χ0v) is 11.4. The molecule has 0 fully saturated rings. The minimum absolute atomic E-state index is 0.293. The van der Waals surface area contributed by atoms with Gasteiger partial charge in [-0.15, -0.1) is 0 Å². The second kappa shape index (κ2) is 5.33. The molecule has 3 aromatic rings. The fraction of sp³-hybridized carbons (Fsp3) is 0.0625. The van der Waals surface area contributed by atoms with Crippen molar-refractivity contribution in [1.82, 2.24) is 9.97 Å². The lowest BCUT2D eigenvalue weighted by Gasteiger charge is -2.07. The van der Waals surface area contributed by atoms with Gasteiger partial charge in [-0.2, -0.15) is 0 Å². The van der Waals surface area contributed by atoms with Gasteiger partial charge in [0, 0.05) is 23.7 Å². The molecule has 2 aromatic heterocycles. The summed E-state index contributed by atoms with van der Waals surface area (Å²) in [5.41, 5.74) is 0.679. The van der Waals surface area contributed by atoms with Crippen LogP contribution in [0.3, 0.4) is 0 Å². The molecule has 3 N–H and O–H groups in total. The number of nitrogens with one attached hydrogen (secondary N) is 1. The largest absolute Gasteiger partial charge is 0.506 e. The maximum absolute atomic E-state index is 11.8. The van der Waals surface area contributed by atoms with Gasteiger partial charge >= 0.3 is 5.97 Å². The first kappa shape index (κ1) is 13.8. The van der Waals surface area contributed by atoms with Crippen LogP contribution in [-0.4, -0.2) is 26.2 Å². The number of hydrogen-bond acceptors (Lipinski definition) is 4. The van der Waals surface area contributed by atoms with Gasteiger partial charge in [0.05, 0.1) is 5.52 Å². The highest BCUT2D eigenvalue weighted by atomic mass is 16.4. The number of carboxylic acid groups (broad SMARTS) is 1. The Kier molecular flexibility index (Phi) is 3.34. The Morgan fingerprint density at radius 2 is 2.05 bits per heavy atom. The minimum Gasteiger partial charge on any atom is -0.506 e. The number of pyridine rings is 2. The molecule has 0 spiro atoms. The van der Waals surface area contributed by atoms with Crippen molar-refractivity contribution in [2.45, 2.75) is 6.42 Å². The molecule has 0 bridgehead atoms. The van der Waals surface area contributed by atoms with Crippen molar-refractivity contribution >= 4 is 16.9 Å². The Balaban J connectivity index is 2.10. The van der Waals surface area contributed by atoms with Crippen molar-refractivity contribution in [3.63, 3.8) is 0 Å². The first-order valence-corrected chi connectivity index (χ1v) is 6.57. The second-order valence-electron chi connectivity index (χ2n) is 4.86. The zero-order valence-electron chi connectivity index (χ0n) is 11.4. The number of carboxylic acids is 1. The molecule has 2 heterocycles. The van der Waals surface area contributed by atoms with E-state index < -0.39 is 22.8 Å². The highest BCUT2D eigenvalue weighted by Gasteiger charge is 2.18. The lowest BCUT2D eigenvalue weighted by Crippen LogP contribution is -2.17. The third kappa shape index (κ3) is 2.42. The van der Waals surface area contributed by atoms with E-state index in [4.69, 9.17) is 5.11 Å². The van der Waals surface area contributed by atoms with E-state index in [1.807, 2.05) is 18.2 Å². The van der Waals surface area contributed by atoms with E-state index in [0.717, 1.165) is 11.3 Å². The van der Waals surface area contributed by atoms with Gasteiger partial charge < -0.3 is 15.2 Å². The van der Waals surface area contributed by atoms with Gasteiger partial charge in [-0.25, -0.2) is 4.79 Å². The summed E-state index contributed by atoms with van der Waals surface area (Å²) in [6.45, 7) is 0. The number of aromatic carboxylic acids is 1. The Bertz CT molecular complexity index is 917. The summed E-state index contributed by atoms with van der Waals surface area (Å²) in [4.78, 5) is 29.5. The number of aromatic hydroxyl groups is 1. The van der Waals surface area contributed by atoms with Gasteiger partial charge in [0.1, 0.15) is 5.75 Å². The molecule has 3 rings (SSSR count). The summed E-state index contributed by atoms with van der Waals surface area (Å²) in [6.07, 6.45) is 2.27. The molecule has 0 amide bonds. The molecule has 6 heteroatoms. The van der Waals surface area contributed by atoms with Crippen molar-refractivity contribution in [1.29, 1.82) is 0 Å². The summed E-state index contributed by atoms with van der Waals surface area (Å²) in [5, 5.41) is 19.2. The number of fused-ring (bicyclic) bond motifs is 1. The fourth-order valence-corrected chi connectivity index (χ4v) is 2.35. The van der Waals surface area contributed by atoms with Crippen molar-refractivity contribution in [2.24, 2.45) is 0 Å². The van der Waals surface area contributed by atoms with Crippen LogP contribution in [0.5, 0.6) is 5.75 Å². The number of carbonyl (C=O) groups is 1. The van der Waals surface area contributed by atoms with E-state index in [1.54, 1.807) is 24.4 Å². The van der Waals surface area contributed by atoms with Gasteiger partial charge in [-0.1, -0.05) is 12.1 Å². The molecular weight excluding hydrogens is 284 g/mol. The van der Waals surface area contributed by atoms with Crippen LogP contribution in [-0.2, 0) is 6.42 Å². The standard InChI is InChI=1S/C16H12N2O4/c19-14-11-5-4-9(7-10-3-1-2-6-17-10)8-12(11)18-15(20)13(14)16(21)22/h1-6,8H,7H2,(H,21,22)(H2,18,19,20). The Labute approximate surface area is 124 Å². The van der Waals surface area contributed by atoms with Gasteiger partial charge in [-0.05, 0) is 29.8 Å². The highest BCUT2D eigenvalue weighted by Crippen LogP contribution is 2.26. The van der Waals surface area contributed by atoms with Gasteiger partial charge in [-0.3, -0.25) is 9.78 Å². The monoisotopic (exact) mass is 296 g/mol. The van der Waals surface area contributed by atoms with Crippen LogP contribution in [0.4, 0.5) is 0 Å². The molecule has 0 aliphatic rings. The number of nitrogens with zero attached hydrogens (tertiary/aromatic N) is 1. The van der Waals surface area contributed by atoms with E-state index in [9.17, 15) is 14.7 Å². The van der Waals surface area contributed by atoms with Crippen molar-refractivity contribution in [3.8, 4) is 5.75 Å². The van der Waals surface area contributed by atoms with Crippen molar-refractivity contribution in [3.05, 3.63) is 69.8 Å². The molecule has 0 saturated heterocycles. The zero-order chi connectivity index (χ0) is 15.7. The van der Waals surface area contributed by atoms with E-state index in [2.05, 4.69) is 9.97 Å². The summed E-state index contributed by atoms with van der Waals surface area (Å²) in [7, 11) is 0. The van der Waals surface area contributed by atoms with Crippen molar-refractivity contribution in [2.75, 3.05) is 0 Å². The topological polar surface area (TPSA) is 103 Å². The molecule has 0 saturated carbocycles. The fourth-order valence-electron chi connectivity index (χ4n) is 2.35. The average molecular weight is 296 g/mol. The quantitative estimate of drug-likeness (QED) is 0.685. The van der Waals surface area contributed by atoms with Crippen LogP contribution in [0.1, 0.15) is 21.6 Å².